The Hall–Kier alpha value is -5.99. The third-order valence-corrected chi connectivity index (χ3v) is 9.57. The summed E-state index contributed by atoms with van der Waals surface area (Å²) in [6, 6.07) is 55.2. The Morgan fingerprint density at radius 1 is 0.400 bits per heavy atom. The summed E-state index contributed by atoms with van der Waals surface area (Å²) in [5.41, 5.74) is 14.7. The number of fused-ring (bicyclic) bond motifs is 8. The Kier molecular flexibility index (Phi) is 5.03. The molecule has 0 fully saturated rings. The summed E-state index contributed by atoms with van der Waals surface area (Å²) >= 11 is 0. The van der Waals surface area contributed by atoms with Crippen molar-refractivity contribution >= 4 is 43.5 Å². The number of rotatable bonds is 3. The number of aromatic nitrogens is 2. The van der Waals surface area contributed by atoms with E-state index >= 15 is 0 Å². The minimum Gasteiger partial charge on any atom is -0.309 e. The van der Waals surface area contributed by atoms with E-state index in [9.17, 15) is 0 Å². The van der Waals surface area contributed by atoms with Gasteiger partial charge in [-0.3, -0.25) is 4.98 Å². The molecule has 0 radical (unpaired) electrons. The summed E-state index contributed by atoms with van der Waals surface area (Å²) < 4.78 is 2.36. The van der Waals surface area contributed by atoms with Crippen LogP contribution in [-0.2, 0) is 0 Å². The van der Waals surface area contributed by atoms with Gasteiger partial charge in [0.15, 0.2) is 0 Å². The van der Waals surface area contributed by atoms with Gasteiger partial charge in [0.05, 0.1) is 16.6 Å². The van der Waals surface area contributed by atoms with E-state index in [1.54, 1.807) is 0 Å². The molecule has 0 aliphatic heterocycles. The fourth-order valence-electron chi connectivity index (χ4n) is 7.61. The van der Waals surface area contributed by atoms with Gasteiger partial charge < -0.3 is 4.57 Å². The maximum atomic E-state index is 4.87. The van der Waals surface area contributed by atoms with E-state index in [-0.39, 0.29) is 0 Å². The summed E-state index contributed by atoms with van der Waals surface area (Å²) in [4.78, 5) is 4.87. The van der Waals surface area contributed by atoms with E-state index in [4.69, 9.17) is 4.98 Å². The van der Waals surface area contributed by atoms with Crippen molar-refractivity contribution in [2.24, 2.45) is 0 Å². The van der Waals surface area contributed by atoms with Gasteiger partial charge in [-0.15, -0.1) is 0 Å². The molecule has 0 N–H and O–H groups in total. The van der Waals surface area contributed by atoms with Gasteiger partial charge in [-0.2, -0.15) is 0 Å². The lowest BCUT2D eigenvalue weighted by Crippen LogP contribution is -1.93. The maximum Gasteiger partial charge on any atom is 0.0802 e. The molecule has 45 heavy (non-hydrogen) atoms. The largest absolute Gasteiger partial charge is 0.309 e. The first-order valence-electron chi connectivity index (χ1n) is 15.5. The van der Waals surface area contributed by atoms with Crippen molar-refractivity contribution in [3.05, 3.63) is 158 Å². The average molecular weight is 571 g/mol. The summed E-state index contributed by atoms with van der Waals surface area (Å²) in [6.07, 6.45) is 1.90. The minimum atomic E-state index is 1.04. The fourth-order valence-corrected chi connectivity index (χ4v) is 7.61. The maximum absolute atomic E-state index is 4.87. The predicted octanol–water partition coefficient (Wildman–Crippen LogP) is 11.5. The third kappa shape index (κ3) is 3.48. The molecular formula is C43H26N2. The second-order valence-electron chi connectivity index (χ2n) is 12.0. The molecule has 7 aromatic carbocycles. The third-order valence-electron chi connectivity index (χ3n) is 9.57. The SMILES string of the molecule is c1ccc(-n2c3ccc(-c4cccc(-c5ccc6c7c(cccc57)-c5ccccc5-6)c4)cc3c3c4ncccc4ccc32)cc1. The molecule has 0 bridgehead atoms. The Labute approximate surface area is 260 Å². The fraction of sp³-hybridized carbons (Fsp3) is 0. The van der Waals surface area contributed by atoms with Gasteiger partial charge in [-0.1, -0.05) is 109 Å². The second-order valence-corrected chi connectivity index (χ2v) is 12.0. The van der Waals surface area contributed by atoms with E-state index in [1.165, 1.54) is 77.1 Å². The minimum absolute atomic E-state index is 1.04. The first-order valence-corrected chi connectivity index (χ1v) is 15.5. The van der Waals surface area contributed by atoms with Gasteiger partial charge in [-0.25, -0.2) is 0 Å². The molecule has 1 aliphatic carbocycles. The van der Waals surface area contributed by atoms with Crippen molar-refractivity contribution < 1.29 is 0 Å². The molecule has 2 aromatic heterocycles. The number of hydrogen-bond donors (Lipinski definition) is 0. The molecule has 2 heteroatoms. The molecule has 0 atom stereocenters. The van der Waals surface area contributed by atoms with E-state index in [2.05, 4.69) is 150 Å². The van der Waals surface area contributed by atoms with Crippen LogP contribution in [0.2, 0.25) is 0 Å². The van der Waals surface area contributed by atoms with Crippen LogP contribution in [-0.4, -0.2) is 9.55 Å². The number of benzene rings is 7. The summed E-state index contributed by atoms with van der Waals surface area (Å²) in [5, 5.41) is 6.22. The smallest absolute Gasteiger partial charge is 0.0802 e. The molecule has 208 valence electrons. The van der Waals surface area contributed by atoms with Gasteiger partial charge in [0.25, 0.3) is 0 Å². The number of pyridine rings is 1. The van der Waals surface area contributed by atoms with Gasteiger partial charge in [0.2, 0.25) is 0 Å². The summed E-state index contributed by atoms with van der Waals surface area (Å²) in [5.74, 6) is 0. The topological polar surface area (TPSA) is 17.8 Å². The van der Waals surface area contributed by atoms with Crippen molar-refractivity contribution in [3.8, 4) is 50.2 Å². The quantitative estimate of drug-likeness (QED) is 0.207. The molecule has 10 rings (SSSR count). The van der Waals surface area contributed by atoms with Crippen LogP contribution < -0.4 is 0 Å². The second kappa shape index (κ2) is 9.25. The van der Waals surface area contributed by atoms with Crippen LogP contribution in [0.15, 0.2) is 158 Å². The standard InChI is InChI=1S/C43H26N2/c1-2-12-31(13-3-1)45-39-22-19-29(26-38(39)42-40(45)23-18-27-11-8-24-44-43(27)42)28-9-6-10-30(25-28)32-20-21-37-34-15-5-4-14-33(34)36-17-7-16-35(32)41(36)37/h1-26H. The van der Waals surface area contributed by atoms with Gasteiger partial charge in [0, 0.05) is 28.0 Å². The van der Waals surface area contributed by atoms with Crippen molar-refractivity contribution in [2.75, 3.05) is 0 Å². The van der Waals surface area contributed by atoms with Crippen molar-refractivity contribution in [1.29, 1.82) is 0 Å². The van der Waals surface area contributed by atoms with Crippen LogP contribution in [0.3, 0.4) is 0 Å². The molecule has 2 nitrogen and oxygen atoms in total. The van der Waals surface area contributed by atoms with Crippen LogP contribution in [0.1, 0.15) is 0 Å². The highest BCUT2D eigenvalue weighted by Crippen LogP contribution is 2.49. The Morgan fingerprint density at radius 2 is 1.11 bits per heavy atom. The molecular weight excluding hydrogens is 544 g/mol. The zero-order valence-corrected chi connectivity index (χ0v) is 24.4. The Balaban J connectivity index is 1.18. The lowest BCUT2D eigenvalue weighted by Gasteiger charge is -2.12. The van der Waals surface area contributed by atoms with E-state index in [0.29, 0.717) is 0 Å². The molecule has 2 heterocycles. The summed E-state index contributed by atoms with van der Waals surface area (Å²) in [6.45, 7) is 0. The predicted molar refractivity (Wildman–Crippen MR) is 189 cm³/mol. The van der Waals surface area contributed by atoms with Crippen LogP contribution in [0.4, 0.5) is 0 Å². The molecule has 0 spiro atoms. The average Bonchev–Trinajstić information content (AvgIpc) is 3.63. The number of nitrogens with zero attached hydrogens (tertiary/aromatic N) is 2. The molecule has 0 saturated carbocycles. The van der Waals surface area contributed by atoms with Crippen molar-refractivity contribution in [1.82, 2.24) is 9.55 Å². The molecule has 0 saturated heterocycles. The zero-order chi connectivity index (χ0) is 29.5. The Bertz CT molecular complexity index is 2610. The first kappa shape index (κ1) is 24.5. The lowest BCUT2D eigenvalue weighted by atomic mass is 9.92. The first-order chi connectivity index (χ1) is 22.3. The van der Waals surface area contributed by atoms with Crippen molar-refractivity contribution in [3.63, 3.8) is 0 Å². The van der Waals surface area contributed by atoms with Gasteiger partial charge in [0.1, 0.15) is 0 Å². The highest BCUT2D eigenvalue weighted by atomic mass is 15.0. The van der Waals surface area contributed by atoms with E-state index in [0.717, 1.165) is 16.6 Å². The number of hydrogen-bond acceptors (Lipinski definition) is 1. The zero-order valence-electron chi connectivity index (χ0n) is 24.4. The normalized spacial score (nSPS) is 12.0. The van der Waals surface area contributed by atoms with E-state index < -0.39 is 0 Å². The molecule has 9 aromatic rings. The van der Waals surface area contributed by atoms with Crippen LogP contribution in [0.25, 0.3) is 93.7 Å². The van der Waals surface area contributed by atoms with Crippen LogP contribution >= 0.6 is 0 Å². The van der Waals surface area contributed by atoms with Crippen LogP contribution in [0, 0.1) is 0 Å². The van der Waals surface area contributed by atoms with Crippen LogP contribution in [0.5, 0.6) is 0 Å². The number of para-hydroxylation sites is 1. The highest BCUT2D eigenvalue weighted by molar-refractivity contribution is 6.21. The molecule has 1 aliphatic rings. The lowest BCUT2D eigenvalue weighted by molar-refractivity contribution is 1.18. The Morgan fingerprint density at radius 3 is 2.00 bits per heavy atom. The summed E-state index contributed by atoms with van der Waals surface area (Å²) in [7, 11) is 0. The van der Waals surface area contributed by atoms with Gasteiger partial charge in [-0.05, 0) is 97.7 Å². The monoisotopic (exact) mass is 570 g/mol. The van der Waals surface area contributed by atoms with Gasteiger partial charge >= 0.3 is 0 Å². The van der Waals surface area contributed by atoms with Crippen molar-refractivity contribution in [2.45, 2.75) is 0 Å². The van der Waals surface area contributed by atoms with E-state index in [1.807, 2.05) is 12.3 Å². The molecule has 0 amide bonds. The molecule has 0 unspecified atom stereocenters. The highest BCUT2D eigenvalue weighted by Gasteiger charge is 2.22.